The Labute approximate surface area is 131 Å². The molecule has 0 heterocycles. The Morgan fingerprint density at radius 2 is 2.04 bits per heavy atom. The molecule has 0 radical (unpaired) electrons. The number of benzene rings is 1. The van der Waals surface area contributed by atoms with E-state index >= 15 is 0 Å². The maximum atomic E-state index is 12.3. The van der Waals surface area contributed by atoms with Crippen LogP contribution in [0.1, 0.15) is 6.92 Å². The van der Waals surface area contributed by atoms with E-state index in [0.29, 0.717) is 4.31 Å². The van der Waals surface area contributed by atoms with Gasteiger partial charge in [0.15, 0.2) is 0 Å². The van der Waals surface area contributed by atoms with Gasteiger partial charge in [-0.25, -0.2) is 8.42 Å². The second-order valence-electron chi connectivity index (χ2n) is 4.64. The molecular weight excluding hydrogens is 330 g/mol. The minimum atomic E-state index is -4.13. The number of nitrogens with one attached hydrogen (secondary N) is 1. The van der Waals surface area contributed by atoms with Gasteiger partial charge in [0.25, 0.3) is 5.69 Å². The molecule has 0 aromatic heterocycles. The number of amides is 1. The highest BCUT2D eigenvalue weighted by atomic mass is 32.2. The molecule has 0 saturated carbocycles. The third kappa shape index (κ3) is 4.72. The number of rotatable bonds is 7. The summed E-state index contributed by atoms with van der Waals surface area (Å²) in [6.07, 6.45) is 0. The van der Waals surface area contributed by atoms with E-state index in [1.54, 1.807) is 0 Å². The number of carbonyl (C=O) groups excluding carboxylic acids is 1. The quantitative estimate of drug-likeness (QED) is 0.514. The van der Waals surface area contributed by atoms with Crippen LogP contribution in [-0.4, -0.2) is 54.3 Å². The first-order chi connectivity index (χ1) is 10.6. The van der Waals surface area contributed by atoms with Crippen LogP contribution in [-0.2, 0) is 19.6 Å². The standard InChI is InChI=1S/C12H15N3O7S/c1-8(12(17)18)13-11(16)7-14(2)23(21,22)10-5-3-4-9(6-10)15(19)20/h3-6,8H,7H2,1-2H3,(H,13,16)(H,17,18). The summed E-state index contributed by atoms with van der Waals surface area (Å²) in [5.74, 6) is -2.07. The first kappa shape index (κ1) is 18.5. The molecule has 1 amide bonds. The molecule has 23 heavy (non-hydrogen) atoms. The number of non-ortho nitro benzene ring substituents is 1. The van der Waals surface area contributed by atoms with Gasteiger partial charge >= 0.3 is 5.97 Å². The van der Waals surface area contributed by atoms with Crippen LogP contribution in [0.3, 0.4) is 0 Å². The molecule has 0 bridgehead atoms. The monoisotopic (exact) mass is 345 g/mol. The number of nitrogens with zero attached hydrogens (tertiary/aromatic N) is 2. The van der Waals surface area contributed by atoms with Gasteiger partial charge in [-0.2, -0.15) is 4.31 Å². The Bertz CT molecular complexity index is 732. The van der Waals surface area contributed by atoms with Crippen LogP contribution >= 0.6 is 0 Å². The number of carbonyl (C=O) groups is 2. The van der Waals surface area contributed by atoms with E-state index in [-0.39, 0.29) is 4.90 Å². The highest BCUT2D eigenvalue weighted by molar-refractivity contribution is 7.89. The first-order valence-corrected chi connectivity index (χ1v) is 7.72. The molecule has 10 nitrogen and oxygen atoms in total. The zero-order valence-electron chi connectivity index (χ0n) is 12.3. The summed E-state index contributed by atoms with van der Waals surface area (Å²) >= 11 is 0. The number of hydrogen-bond donors (Lipinski definition) is 2. The average molecular weight is 345 g/mol. The van der Waals surface area contributed by atoms with Crippen LogP contribution in [0.4, 0.5) is 5.69 Å². The Hall–Kier alpha value is -2.53. The predicted molar refractivity (Wildman–Crippen MR) is 78.2 cm³/mol. The number of hydrogen-bond acceptors (Lipinski definition) is 6. The number of nitro groups is 1. The Balaban J connectivity index is 2.91. The highest BCUT2D eigenvalue weighted by Gasteiger charge is 2.25. The maximum Gasteiger partial charge on any atom is 0.325 e. The fourth-order valence-corrected chi connectivity index (χ4v) is 2.74. The summed E-state index contributed by atoms with van der Waals surface area (Å²) in [5.41, 5.74) is -0.400. The summed E-state index contributed by atoms with van der Waals surface area (Å²) < 4.78 is 25.2. The third-order valence-corrected chi connectivity index (χ3v) is 4.65. The molecule has 1 aromatic rings. The molecule has 126 valence electrons. The second kappa shape index (κ2) is 7.15. The first-order valence-electron chi connectivity index (χ1n) is 6.28. The van der Waals surface area contributed by atoms with Gasteiger partial charge in [-0.15, -0.1) is 0 Å². The van der Waals surface area contributed by atoms with Gasteiger partial charge in [-0.3, -0.25) is 19.7 Å². The average Bonchev–Trinajstić information content (AvgIpc) is 2.46. The van der Waals surface area contributed by atoms with Crippen LogP contribution in [0, 0.1) is 10.1 Å². The fourth-order valence-electron chi connectivity index (χ4n) is 1.57. The second-order valence-corrected chi connectivity index (χ2v) is 6.69. The maximum absolute atomic E-state index is 12.3. The molecule has 11 heteroatoms. The number of carboxylic acids is 1. The van der Waals surface area contributed by atoms with Crippen molar-refractivity contribution in [3.8, 4) is 0 Å². The minimum Gasteiger partial charge on any atom is -0.480 e. The summed E-state index contributed by atoms with van der Waals surface area (Å²) in [7, 11) is -3.02. The van der Waals surface area contributed by atoms with E-state index in [4.69, 9.17) is 5.11 Å². The summed E-state index contributed by atoms with van der Waals surface area (Å²) in [6.45, 7) is 0.609. The SMILES string of the molecule is CC(NC(=O)CN(C)S(=O)(=O)c1cccc([N+](=O)[O-])c1)C(=O)O. The minimum absolute atomic E-state index is 0.340. The highest BCUT2D eigenvalue weighted by Crippen LogP contribution is 2.19. The molecule has 0 aliphatic heterocycles. The van der Waals surface area contributed by atoms with Gasteiger partial charge in [0.1, 0.15) is 6.04 Å². The fraction of sp³-hybridized carbons (Fsp3) is 0.333. The van der Waals surface area contributed by atoms with Crippen molar-refractivity contribution >= 4 is 27.6 Å². The van der Waals surface area contributed by atoms with Crippen LogP contribution < -0.4 is 5.32 Å². The Morgan fingerprint density at radius 1 is 1.43 bits per heavy atom. The molecule has 1 unspecified atom stereocenters. The Kier molecular flexibility index (Phi) is 5.76. The van der Waals surface area contributed by atoms with Crippen molar-refractivity contribution in [3.63, 3.8) is 0 Å². The van der Waals surface area contributed by atoms with Crippen molar-refractivity contribution in [2.75, 3.05) is 13.6 Å². The van der Waals surface area contributed by atoms with E-state index in [1.165, 1.54) is 13.0 Å². The molecule has 0 aliphatic carbocycles. The summed E-state index contributed by atoms with van der Waals surface area (Å²) in [5, 5.41) is 21.5. The van der Waals surface area contributed by atoms with Crippen molar-refractivity contribution in [1.82, 2.24) is 9.62 Å². The molecule has 2 N–H and O–H groups in total. The van der Waals surface area contributed by atoms with Gasteiger partial charge < -0.3 is 10.4 Å². The zero-order valence-corrected chi connectivity index (χ0v) is 13.1. The lowest BCUT2D eigenvalue weighted by Crippen LogP contribution is -2.44. The van der Waals surface area contributed by atoms with E-state index < -0.39 is 45.1 Å². The number of sulfonamides is 1. The predicted octanol–water partition coefficient (Wildman–Crippen LogP) is -0.195. The topological polar surface area (TPSA) is 147 Å². The van der Waals surface area contributed by atoms with E-state index in [2.05, 4.69) is 5.32 Å². The molecule has 0 fully saturated rings. The third-order valence-electron chi connectivity index (χ3n) is 2.85. The van der Waals surface area contributed by atoms with Crippen molar-refractivity contribution < 1.29 is 28.0 Å². The van der Waals surface area contributed by atoms with Gasteiger partial charge in [-0.1, -0.05) is 6.07 Å². The van der Waals surface area contributed by atoms with Gasteiger partial charge in [-0.05, 0) is 13.0 Å². The van der Waals surface area contributed by atoms with Gasteiger partial charge in [0.2, 0.25) is 15.9 Å². The molecule has 0 saturated heterocycles. The van der Waals surface area contributed by atoms with E-state index in [0.717, 1.165) is 25.2 Å². The molecule has 1 atom stereocenters. The molecule has 1 rings (SSSR count). The van der Waals surface area contributed by atoms with Crippen molar-refractivity contribution in [2.45, 2.75) is 17.9 Å². The van der Waals surface area contributed by atoms with Gasteiger partial charge in [0.05, 0.1) is 16.4 Å². The molecule has 0 aliphatic rings. The van der Waals surface area contributed by atoms with Crippen molar-refractivity contribution in [1.29, 1.82) is 0 Å². The molecule has 0 spiro atoms. The lowest BCUT2D eigenvalue weighted by atomic mass is 10.3. The van der Waals surface area contributed by atoms with E-state index in [9.17, 15) is 28.1 Å². The van der Waals surface area contributed by atoms with Crippen molar-refractivity contribution in [3.05, 3.63) is 34.4 Å². The summed E-state index contributed by atoms with van der Waals surface area (Å²) in [4.78, 5) is 31.9. The normalized spacial score (nSPS) is 12.7. The Morgan fingerprint density at radius 3 is 2.57 bits per heavy atom. The smallest absolute Gasteiger partial charge is 0.325 e. The van der Waals surface area contributed by atoms with Crippen LogP contribution in [0.2, 0.25) is 0 Å². The van der Waals surface area contributed by atoms with E-state index in [1.807, 2.05) is 0 Å². The largest absolute Gasteiger partial charge is 0.480 e. The molecular formula is C12H15N3O7S. The number of likely N-dealkylation sites (N-methyl/N-ethyl adjacent to an activating group) is 1. The zero-order chi connectivity index (χ0) is 17.8. The van der Waals surface area contributed by atoms with Crippen LogP contribution in [0.25, 0.3) is 0 Å². The van der Waals surface area contributed by atoms with Gasteiger partial charge in [0, 0.05) is 19.2 Å². The van der Waals surface area contributed by atoms with Crippen LogP contribution in [0.15, 0.2) is 29.2 Å². The number of aliphatic carboxylic acids is 1. The van der Waals surface area contributed by atoms with Crippen molar-refractivity contribution in [2.24, 2.45) is 0 Å². The summed E-state index contributed by atoms with van der Waals surface area (Å²) in [6, 6.07) is 3.22. The lowest BCUT2D eigenvalue weighted by molar-refractivity contribution is -0.385. The number of nitro benzene ring substituents is 1. The lowest BCUT2D eigenvalue weighted by Gasteiger charge is -2.17. The number of carboxylic acid groups (broad SMARTS) is 1. The van der Waals surface area contributed by atoms with Crippen LogP contribution in [0.5, 0.6) is 0 Å². The molecule has 1 aromatic carbocycles.